The van der Waals surface area contributed by atoms with E-state index in [0.717, 1.165) is 18.8 Å². The highest BCUT2D eigenvalue weighted by atomic mass is 16.3. The molecule has 1 unspecified atom stereocenters. The molecule has 134 valence electrons. The fourth-order valence-corrected chi connectivity index (χ4v) is 4.25. The summed E-state index contributed by atoms with van der Waals surface area (Å²) in [4.78, 5) is 17.0. The molecule has 1 atom stereocenters. The van der Waals surface area contributed by atoms with Gasteiger partial charge in [0.15, 0.2) is 0 Å². The molecule has 2 rings (SSSR count). The number of aliphatic hydroxyl groups is 1. The van der Waals surface area contributed by atoms with Gasteiger partial charge in [-0.15, -0.1) is 0 Å². The molecule has 0 bridgehead atoms. The number of nitrogens with zero attached hydrogens (tertiary/aromatic N) is 2. The Morgan fingerprint density at radius 3 is 2.22 bits per heavy atom. The molecule has 0 heterocycles. The minimum Gasteiger partial charge on any atom is -0.392 e. The summed E-state index contributed by atoms with van der Waals surface area (Å²) in [5, 5.41) is 9.82. The van der Waals surface area contributed by atoms with Gasteiger partial charge < -0.3 is 10.0 Å². The van der Waals surface area contributed by atoms with E-state index in [1.54, 1.807) is 0 Å². The van der Waals surface area contributed by atoms with Gasteiger partial charge >= 0.3 is 0 Å². The molecule has 4 nitrogen and oxygen atoms in total. The number of carbonyl (C=O) groups excluding carboxylic acids is 1. The van der Waals surface area contributed by atoms with Crippen LogP contribution < -0.4 is 0 Å². The molecule has 2 fully saturated rings. The molecule has 4 heteroatoms. The van der Waals surface area contributed by atoms with Crippen molar-refractivity contribution >= 4 is 5.91 Å². The Morgan fingerprint density at radius 1 is 1.04 bits per heavy atom. The van der Waals surface area contributed by atoms with Crippen molar-refractivity contribution in [2.24, 2.45) is 5.92 Å². The van der Waals surface area contributed by atoms with Gasteiger partial charge in [0.05, 0.1) is 12.6 Å². The second-order valence-electron chi connectivity index (χ2n) is 7.99. The summed E-state index contributed by atoms with van der Waals surface area (Å²) in [7, 11) is 1.98. The van der Waals surface area contributed by atoms with Crippen molar-refractivity contribution in [3.63, 3.8) is 0 Å². The predicted molar refractivity (Wildman–Crippen MR) is 94.3 cm³/mol. The fraction of sp³-hybridized carbons (Fsp3) is 0.947. The molecular formula is C19H36N2O2. The van der Waals surface area contributed by atoms with E-state index in [-0.39, 0.29) is 12.0 Å². The Kier molecular flexibility index (Phi) is 7.35. The average molecular weight is 325 g/mol. The first-order chi connectivity index (χ1) is 11.0. The molecule has 2 saturated carbocycles. The highest BCUT2D eigenvalue weighted by Crippen LogP contribution is 2.27. The van der Waals surface area contributed by atoms with E-state index < -0.39 is 0 Å². The van der Waals surface area contributed by atoms with Crippen LogP contribution >= 0.6 is 0 Å². The molecule has 0 aliphatic heterocycles. The Bertz CT molecular complexity index is 358. The summed E-state index contributed by atoms with van der Waals surface area (Å²) in [5.41, 5.74) is 0. The van der Waals surface area contributed by atoms with Crippen molar-refractivity contribution in [2.45, 2.75) is 89.8 Å². The van der Waals surface area contributed by atoms with E-state index in [1.807, 2.05) is 18.9 Å². The predicted octanol–water partition coefficient (Wildman–Crippen LogP) is 3.04. The minimum absolute atomic E-state index is 0.232. The molecule has 0 saturated heterocycles. The third kappa shape index (κ3) is 5.75. The Balaban J connectivity index is 1.90. The first-order valence-corrected chi connectivity index (χ1v) is 9.65. The summed E-state index contributed by atoms with van der Waals surface area (Å²) in [6, 6.07) is 0.889. The van der Waals surface area contributed by atoms with Gasteiger partial charge in [-0.05, 0) is 51.4 Å². The zero-order valence-corrected chi connectivity index (χ0v) is 15.3. The molecule has 23 heavy (non-hydrogen) atoms. The normalized spacial score (nSPS) is 27.9. The Hall–Kier alpha value is -0.610. The maximum absolute atomic E-state index is 12.8. The van der Waals surface area contributed by atoms with Crippen molar-refractivity contribution in [1.82, 2.24) is 9.80 Å². The molecular weight excluding hydrogens is 288 g/mol. The average Bonchev–Trinajstić information content (AvgIpc) is 2.54. The molecule has 0 radical (unpaired) electrons. The van der Waals surface area contributed by atoms with Crippen LogP contribution in [-0.2, 0) is 4.79 Å². The topological polar surface area (TPSA) is 43.8 Å². The third-order valence-corrected chi connectivity index (χ3v) is 5.85. The largest absolute Gasteiger partial charge is 0.392 e. The zero-order valence-electron chi connectivity index (χ0n) is 15.3. The molecule has 0 spiro atoms. The van der Waals surface area contributed by atoms with Gasteiger partial charge in [-0.1, -0.05) is 26.2 Å². The van der Waals surface area contributed by atoms with E-state index in [4.69, 9.17) is 0 Å². The first-order valence-electron chi connectivity index (χ1n) is 9.65. The highest BCUT2D eigenvalue weighted by Gasteiger charge is 2.28. The molecule has 2 aliphatic rings. The van der Waals surface area contributed by atoms with Crippen LogP contribution in [0.15, 0.2) is 0 Å². The van der Waals surface area contributed by atoms with Crippen molar-refractivity contribution in [1.29, 1.82) is 0 Å². The van der Waals surface area contributed by atoms with Gasteiger partial charge in [0.2, 0.25) is 5.91 Å². The van der Waals surface area contributed by atoms with Crippen molar-refractivity contribution < 1.29 is 9.90 Å². The van der Waals surface area contributed by atoms with Gasteiger partial charge in [0.25, 0.3) is 0 Å². The number of aliphatic hydroxyl groups excluding tert-OH is 1. The Labute approximate surface area is 142 Å². The van der Waals surface area contributed by atoms with Gasteiger partial charge in [-0.2, -0.15) is 0 Å². The lowest BCUT2D eigenvalue weighted by atomic mass is 9.86. The van der Waals surface area contributed by atoms with Crippen molar-refractivity contribution in [3.8, 4) is 0 Å². The molecule has 1 amide bonds. The number of rotatable bonds is 6. The van der Waals surface area contributed by atoms with Crippen LogP contribution in [0.3, 0.4) is 0 Å². The molecule has 1 N–H and O–H groups in total. The van der Waals surface area contributed by atoms with Crippen LogP contribution in [0.1, 0.15) is 71.6 Å². The molecule has 0 aromatic carbocycles. The standard InChI is InChI=1S/C19H36N2O2/c1-15-9-11-17(12-10-15)20(3)19(23)14-21(13-16(2)22)18-7-5-4-6-8-18/h15-18,22H,4-14H2,1-3H3. The first kappa shape index (κ1) is 18.7. The highest BCUT2D eigenvalue weighted by molar-refractivity contribution is 5.78. The fourth-order valence-electron chi connectivity index (χ4n) is 4.25. The lowest BCUT2D eigenvalue weighted by Crippen LogP contribution is -2.49. The van der Waals surface area contributed by atoms with Crippen LogP contribution in [0.25, 0.3) is 0 Å². The van der Waals surface area contributed by atoms with Gasteiger partial charge in [-0.25, -0.2) is 0 Å². The van der Waals surface area contributed by atoms with E-state index >= 15 is 0 Å². The SMILES string of the molecule is CC(O)CN(CC(=O)N(C)C1CCC(C)CC1)C1CCCCC1. The van der Waals surface area contributed by atoms with E-state index in [2.05, 4.69) is 11.8 Å². The summed E-state index contributed by atoms with van der Waals surface area (Å²) < 4.78 is 0. The summed E-state index contributed by atoms with van der Waals surface area (Å²) in [5.74, 6) is 1.04. The van der Waals surface area contributed by atoms with Gasteiger partial charge in [0, 0.05) is 25.7 Å². The van der Waals surface area contributed by atoms with Crippen LogP contribution in [0.2, 0.25) is 0 Å². The molecule has 2 aliphatic carbocycles. The molecule has 0 aromatic rings. The van der Waals surface area contributed by atoms with E-state index in [1.165, 1.54) is 44.9 Å². The zero-order chi connectivity index (χ0) is 16.8. The third-order valence-electron chi connectivity index (χ3n) is 5.85. The summed E-state index contributed by atoms with van der Waals surface area (Å²) in [6.45, 7) is 5.22. The van der Waals surface area contributed by atoms with Crippen molar-refractivity contribution in [2.75, 3.05) is 20.1 Å². The smallest absolute Gasteiger partial charge is 0.236 e. The van der Waals surface area contributed by atoms with Gasteiger partial charge in [0.1, 0.15) is 0 Å². The number of likely N-dealkylation sites (N-methyl/N-ethyl adjacent to an activating group) is 1. The monoisotopic (exact) mass is 324 g/mol. The summed E-state index contributed by atoms with van der Waals surface area (Å²) in [6.07, 6.45) is 10.6. The van der Waals surface area contributed by atoms with Gasteiger partial charge in [-0.3, -0.25) is 9.69 Å². The maximum atomic E-state index is 12.8. The number of hydrogen-bond donors (Lipinski definition) is 1. The lowest BCUT2D eigenvalue weighted by molar-refractivity contribution is -0.135. The van der Waals surface area contributed by atoms with Crippen LogP contribution in [0.5, 0.6) is 0 Å². The minimum atomic E-state index is -0.370. The number of carbonyl (C=O) groups is 1. The summed E-state index contributed by atoms with van der Waals surface area (Å²) >= 11 is 0. The molecule has 0 aromatic heterocycles. The van der Waals surface area contributed by atoms with Crippen LogP contribution in [0.4, 0.5) is 0 Å². The number of hydrogen-bond acceptors (Lipinski definition) is 3. The van der Waals surface area contributed by atoms with Crippen LogP contribution in [0, 0.1) is 5.92 Å². The maximum Gasteiger partial charge on any atom is 0.236 e. The second-order valence-corrected chi connectivity index (χ2v) is 7.99. The van der Waals surface area contributed by atoms with E-state index in [9.17, 15) is 9.90 Å². The Morgan fingerprint density at radius 2 is 1.65 bits per heavy atom. The van der Waals surface area contributed by atoms with Crippen molar-refractivity contribution in [3.05, 3.63) is 0 Å². The number of amides is 1. The van der Waals surface area contributed by atoms with Crippen LogP contribution in [-0.4, -0.2) is 59.1 Å². The second kappa shape index (κ2) is 9.03. The quantitative estimate of drug-likeness (QED) is 0.817. The van der Waals surface area contributed by atoms with E-state index in [0.29, 0.717) is 25.2 Å². The lowest BCUT2D eigenvalue weighted by Gasteiger charge is -2.38.